The standard InChI is InChI=1S/C16H28O8/c1-5-20-8-9-21-10-11-24-14(16(19)23-7-3)13(12(4)17)15(18)22-6-2/h13-14H,5-11H2,1-4H3. The van der Waals surface area contributed by atoms with Crippen LogP contribution in [0.15, 0.2) is 0 Å². The van der Waals surface area contributed by atoms with Crippen LogP contribution in [0.2, 0.25) is 0 Å². The van der Waals surface area contributed by atoms with Crippen LogP contribution in [-0.2, 0) is 38.1 Å². The molecule has 0 aliphatic heterocycles. The van der Waals surface area contributed by atoms with E-state index in [1.807, 2.05) is 6.92 Å². The highest BCUT2D eigenvalue weighted by atomic mass is 16.6. The summed E-state index contributed by atoms with van der Waals surface area (Å²) in [4.78, 5) is 35.8. The second-order valence-corrected chi connectivity index (χ2v) is 4.69. The fraction of sp³-hybridized carbons (Fsp3) is 0.812. The van der Waals surface area contributed by atoms with Crippen LogP contribution in [0.25, 0.3) is 0 Å². The van der Waals surface area contributed by atoms with E-state index in [1.54, 1.807) is 13.8 Å². The summed E-state index contributed by atoms with van der Waals surface area (Å²) in [7, 11) is 0. The van der Waals surface area contributed by atoms with Crippen LogP contribution in [-0.4, -0.2) is 70.1 Å². The fourth-order valence-electron chi connectivity index (χ4n) is 1.86. The Hall–Kier alpha value is -1.51. The van der Waals surface area contributed by atoms with Crippen molar-refractivity contribution < 1.29 is 38.1 Å². The van der Waals surface area contributed by atoms with Gasteiger partial charge in [-0.25, -0.2) is 4.79 Å². The lowest BCUT2D eigenvalue weighted by molar-refractivity contribution is -0.173. The van der Waals surface area contributed by atoms with E-state index in [1.165, 1.54) is 6.92 Å². The minimum atomic E-state index is -1.35. The van der Waals surface area contributed by atoms with Crippen molar-refractivity contribution in [2.45, 2.75) is 33.8 Å². The van der Waals surface area contributed by atoms with Gasteiger partial charge in [-0.05, 0) is 27.7 Å². The number of ether oxygens (including phenoxy) is 5. The predicted molar refractivity (Wildman–Crippen MR) is 84.5 cm³/mol. The summed E-state index contributed by atoms with van der Waals surface area (Å²) in [6.45, 7) is 8.18. The average Bonchev–Trinajstić information content (AvgIpc) is 2.52. The fourth-order valence-corrected chi connectivity index (χ4v) is 1.86. The summed E-state index contributed by atoms with van der Waals surface area (Å²) in [5, 5.41) is 0. The smallest absolute Gasteiger partial charge is 0.336 e. The molecule has 0 spiro atoms. The zero-order chi connectivity index (χ0) is 18.4. The third kappa shape index (κ3) is 8.95. The number of hydrogen-bond acceptors (Lipinski definition) is 8. The van der Waals surface area contributed by atoms with Crippen molar-refractivity contribution in [1.82, 2.24) is 0 Å². The zero-order valence-corrected chi connectivity index (χ0v) is 14.9. The Morgan fingerprint density at radius 2 is 1.29 bits per heavy atom. The van der Waals surface area contributed by atoms with Crippen LogP contribution in [0.3, 0.4) is 0 Å². The van der Waals surface area contributed by atoms with Gasteiger partial charge in [-0.1, -0.05) is 0 Å². The zero-order valence-electron chi connectivity index (χ0n) is 14.9. The van der Waals surface area contributed by atoms with E-state index in [0.29, 0.717) is 19.8 Å². The SMILES string of the molecule is CCOCCOCCOC(C(=O)OCC)C(C(C)=O)C(=O)OCC. The largest absolute Gasteiger partial charge is 0.465 e. The van der Waals surface area contributed by atoms with Crippen molar-refractivity contribution >= 4 is 17.7 Å². The molecule has 0 aromatic rings. The number of rotatable bonds is 14. The molecule has 0 saturated carbocycles. The van der Waals surface area contributed by atoms with Crippen LogP contribution in [0, 0.1) is 5.92 Å². The summed E-state index contributed by atoms with van der Waals surface area (Å²) >= 11 is 0. The maximum atomic E-state index is 12.0. The highest BCUT2D eigenvalue weighted by Gasteiger charge is 2.40. The van der Waals surface area contributed by atoms with Crippen LogP contribution in [0.4, 0.5) is 0 Å². The van der Waals surface area contributed by atoms with Gasteiger partial charge in [0, 0.05) is 6.61 Å². The van der Waals surface area contributed by atoms with E-state index >= 15 is 0 Å². The number of ketones is 1. The van der Waals surface area contributed by atoms with Gasteiger partial charge in [0.05, 0.1) is 39.6 Å². The first-order valence-electron chi connectivity index (χ1n) is 8.10. The van der Waals surface area contributed by atoms with E-state index in [2.05, 4.69) is 0 Å². The van der Waals surface area contributed by atoms with E-state index in [9.17, 15) is 14.4 Å². The molecular formula is C16H28O8. The number of hydrogen-bond donors (Lipinski definition) is 0. The van der Waals surface area contributed by atoms with Crippen molar-refractivity contribution in [2.24, 2.45) is 5.92 Å². The van der Waals surface area contributed by atoms with Gasteiger partial charge in [-0.15, -0.1) is 0 Å². The normalized spacial score (nSPS) is 13.2. The van der Waals surface area contributed by atoms with Gasteiger partial charge in [0.15, 0.2) is 12.0 Å². The second kappa shape index (κ2) is 13.9. The molecule has 0 aliphatic carbocycles. The molecule has 2 atom stereocenters. The van der Waals surface area contributed by atoms with Crippen molar-refractivity contribution in [3.63, 3.8) is 0 Å². The van der Waals surface area contributed by atoms with Gasteiger partial charge in [0.1, 0.15) is 5.78 Å². The third-order valence-corrected chi connectivity index (χ3v) is 2.90. The summed E-state index contributed by atoms with van der Waals surface area (Å²) in [5.74, 6) is -3.46. The lowest BCUT2D eigenvalue weighted by atomic mass is 9.98. The molecule has 0 saturated heterocycles. The number of esters is 2. The molecule has 0 fully saturated rings. The molecule has 0 bridgehead atoms. The van der Waals surface area contributed by atoms with Gasteiger partial charge < -0.3 is 23.7 Å². The van der Waals surface area contributed by atoms with Gasteiger partial charge in [-0.3, -0.25) is 9.59 Å². The van der Waals surface area contributed by atoms with Crippen molar-refractivity contribution in [2.75, 3.05) is 46.2 Å². The summed E-state index contributed by atoms with van der Waals surface area (Å²) < 4.78 is 25.5. The summed E-state index contributed by atoms with van der Waals surface area (Å²) in [5.41, 5.74) is 0. The van der Waals surface area contributed by atoms with Gasteiger partial charge in [-0.2, -0.15) is 0 Å². The molecule has 8 heteroatoms. The third-order valence-electron chi connectivity index (χ3n) is 2.90. The quantitative estimate of drug-likeness (QED) is 0.258. The molecule has 2 unspecified atom stereocenters. The van der Waals surface area contributed by atoms with Gasteiger partial charge in [0.25, 0.3) is 0 Å². The van der Waals surface area contributed by atoms with Gasteiger partial charge >= 0.3 is 11.9 Å². The van der Waals surface area contributed by atoms with E-state index < -0.39 is 29.7 Å². The minimum absolute atomic E-state index is 0.0266. The van der Waals surface area contributed by atoms with Gasteiger partial charge in [0.2, 0.25) is 0 Å². The highest BCUT2D eigenvalue weighted by molar-refractivity contribution is 6.02. The Kier molecular flexibility index (Phi) is 13.0. The Morgan fingerprint density at radius 3 is 1.83 bits per heavy atom. The first-order chi connectivity index (χ1) is 11.5. The topological polar surface area (TPSA) is 97.4 Å². The summed E-state index contributed by atoms with van der Waals surface area (Å²) in [6, 6.07) is 0. The maximum absolute atomic E-state index is 12.0. The van der Waals surface area contributed by atoms with Crippen LogP contribution in [0.5, 0.6) is 0 Å². The molecule has 0 amide bonds. The van der Waals surface area contributed by atoms with Crippen LogP contribution >= 0.6 is 0 Å². The molecule has 0 radical (unpaired) electrons. The first kappa shape index (κ1) is 22.5. The molecule has 0 rings (SSSR count). The van der Waals surface area contributed by atoms with Crippen LogP contribution < -0.4 is 0 Å². The molecule has 0 aliphatic rings. The molecular weight excluding hydrogens is 320 g/mol. The highest BCUT2D eigenvalue weighted by Crippen LogP contribution is 2.14. The number of carbonyl (C=O) groups is 3. The monoisotopic (exact) mass is 348 g/mol. The Bertz CT molecular complexity index is 382. The van der Waals surface area contributed by atoms with Crippen molar-refractivity contribution in [1.29, 1.82) is 0 Å². The summed E-state index contributed by atoms with van der Waals surface area (Å²) in [6.07, 6.45) is -1.35. The molecule has 24 heavy (non-hydrogen) atoms. The lowest BCUT2D eigenvalue weighted by Crippen LogP contribution is -2.43. The Labute approximate surface area is 142 Å². The van der Waals surface area contributed by atoms with Crippen molar-refractivity contribution in [3.05, 3.63) is 0 Å². The molecule has 140 valence electrons. The number of Topliss-reactive ketones (excluding diaryl/α,β-unsaturated/α-hetero) is 1. The molecule has 0 aromatic carbocycles. The Morgan fingerprint density at radius 1 is 0.750 bits per heavy atom. The predicted octanol–water partition coefficient (Wildman–Crippen LogP) is 0.756. The Balaban J connectivity index is 4.68. The molecule has 0 aromatic heterocycles. The second-order valence-electron chi connectivity index (χ2n) is 4.69. The van der Waals surface area contributed by atoms with E-state index in [-0.39, 0.29) is 26.4 Å². The van der Waals surface area contributed by atoms with E-state index in [0.717, 1.165) is 0 Å². The first-order valence-corrected chi connectivity index (χ1v) is 8.10. The minimum Gasteiger partial charge on any atom is -0.465 e. The maximum Gasteiger partial charge on any atom is 0.336 e. The molecule has 8 nitrogen and oxygen atoms in total. The van der Waals surface area contributed by atoms with E-state index in [4.69, 9.17) is 23.7 Å². The van der Waals surface area contributed by atoms with Crippen molar-refractivity contribution in [3.8, 4) is 0 Å². The molecule has 0 N–H and O–H groups in total. The lowest BCUT2D eigenvalue weighted by Gasteiger charge is -2.22. The van der Waals surface area contributed by atoms with Crippen LogP contribution in [0.1, 0.15) is 27.7 Å². The number of carbonyl (C=O) groups excluding carboxylic acids is 3. The molecule has 0 heterocycles. The average molecular weight is 348 g/mol.